The summed E-state index contributed by atoms with van der Waals surface area (Å²) in [6, 6.07) is 15.9. The number of fused-ring (bicyclic) bond motifs is 2. The molecule has 2 aliphatic heterocycles. The van der Waals surface area contributed by atoms with Gasteiger partial charge in [0.05, 0.1) is 6.26 Å². The van der Waals surface area contributed by atoms with Crippen molar-refractivity contribution in [3.63, 3.8) is 0 Å². The highest BCUT2D eigenvalue weighted by atomic mass is 16.3. The normalized spacial score (nSPS) is 21.3. The first-order valence-electron chi connectivity index (χ1n) is 9.71. The second-order valence-corrected chi connectivity index (χ2v) is 7.90. The van der Waals surface area contributed by atoms with Gasteiger partial charge in [0, 0.05) is 55.9 Å². The summed E-state index contributed by atoms with van der Waals surface area (Å²) in [5, 5.41) is 1.08. The van der Waals surface area contributed by atoms with Gasteiger partial charge >= 0.3 is 0 Å². The van der Waals surface area contributed by atoms with Gasteiger partial charge < -0.3 is 14.2 Å². The van der Waals surface area contributed by atoms with Crippen LogP contribution in [0.5, 0.6) is 0 Å². The summed E-state index contributed by atoms with van der Waals surface area (Å²) >= 11 is 0. The van der Waals surface area contributed by atoms with Gasteiger partial charge in [0.25, 0.3) is 5.91 Å². The van der Waals surface area contributed by atoms with Crippen LogP contribution in [0.4, 0.5) is 0 Å². The maximum absolute atomic E-state index is 12.9. The Morgan fingerprint density at radius 2 is 1.50 bits per heavy atom. The average molecular weight is 374 g/mol. The summed E-state index contributed by atoms with van der Waals surface area (Å²) < 4.78 is 5.48. The molecule has 0 saturated carbocycles. The fourth-order valence-electron chi connectivity index (χ4n) is 4.54. The minimum Gasteiger partial charge on any atom is -0.464 e. The van der Waals surface area contributed by atoms with Crippen molar-refractivity contribution >= 4 is 22.8 Å². The highest BCUT2D eigenvalue weighted by molar-refractivity contribution is 5.95. The van der Waals surface area contributed by atoms with Gasteiger partial charge in [-0.3, -0.25) is 9.59 Å². The third-order valence-electron chi connectivity index (χ3n) is 6.14. The SMILES string of the molecule is CC(=O)N1CC2CN(C(=O)c3ccc(-c4ccc5ccoc5c4)cc3)CC2C1. The van der Waals surface area contributed by atoms with Crippen molar-refractivity contribution in [3.05, 3.63) is 60.4 Å². The second-order valence-electron chi connectivity index (χ2n) is 7.90. The van der Waals surface area contributed by atoms with E-state index >= 15 is 0 Å². The van der Waals surface area contributed by atoms with Crippen molar-refractivity contribution in [2.24, 2.45) is 11.8 Å². The quantitative estimate of drug-likeness (QED) is 0.688. The molecule has 0 aliphatic carbocycles. The lowest BCUT2D eigenvalue weighted by molar-refractivity contribution is -0.128. The van der Waals surface area contributed by atoms with E-state index in [0.717, 1.165) is 48.3 Å². The zero-order valence-electron chi connectivity index (χ0n) is 15.8. The fraction of sp³-hybridized carbons (Fsp3) is 0.304. The molecule has 0 bridgehead atoms. The van der Waals surface area contributed by atoms with Gasteiger partial charge in [-0.2, -0.15) is 0 Å². The number of hydrogen-bond donors (Lipinski definition) is 0. The summed E-state index contributed by atoms with van der Waals surface area (Å²) in [6.07, 6.45) is 1.69. The molecule has 28 heavy (non-hydrogen) atoms. The maximum atomic E-state index is 12.9. The highest BCUT2D eigenvalue weighted by Gasteiger charge is 2.42. The van der Waals surface area contributed by atoms with Crippen molar-refractivity contribution in [2.75, 3.05) is 26.2 Å². The molecule has 3 heterocycles. The highest BCUT2D eigenvalue weighted by Crippen LogP contribution is 2.32. The van der Waals surface area contributed by atoms with Crippen LogP contribution in [-0.2, 0) is 4.79 Å². The number of nitrogens with zero attached hydrogens (tertiary/aromatic N) is 2. The monoisotopic (exact) mass is 374 g/mol. The topological polar surface area (TPSA) is 53.8 Å². The molecule has 0 radical (unpaired) electrons. The van der Waals surface area contributed by atoms with Crippen LogP contribution in [-0.4, -0.2) is 47.8 Å². The first-order chi connectivity index (χ1) is 13.6. The zero-order chi connectivity index (χ0) is 19.3. The Labute approximate surface area is 163 Å². The van der Waals surface area contributed by atoms with Gasteiger partial charge in [0.15, 0.2) is 0 Å². The van der Waals surface area contributed by atoms with Gasteiger partial charge in [-0.1, -0.05) is 24.3 Å². The molecule has 2 unspecified atom stereocenters. The molecule has 5 nitrogen and oxygen atoms in total. The number of carbonyl (C=O) groups is 2. The maximum Gasteiger partial charge on any atom is 0.253 e. The molecule has 2 atom stereocenters. The molecule has 2 aliphatic rings. The largest absolute Gasteiger partial charge is 0.464 e. The molecule has 3 aromatic rings. The van der Waals surface area contributed by atoms with Crippen LogP contribution in [0.1, 0.15) is 17.3 Å². The van der Waals surface area contributed by atoms with E-state index in [9.17, 15) is 9.59 Å². The van der Waals surface area contributed by atoms with E-state index in [0.29, 0.717) is 17.4 Å². The van der Waals surface area contributed by atoms with Crippen molar-refractivity contribution in [1.29, 1.82) is 0 Å². The van der Waals surface area contributed by atoms with Crippen LogP contribution < -0.4 is 0 Å². The molecule has 2 aromatic carbocycles. The molecule has 142 valence electrons. The molecule has 5 rings (SSSR count). The first-order valence-corrected chi connectivity index (χ1v) is 9.71. The third-order valence-corrected chi connectivity index (χ3v) is 6.14. The molecule has 2 amide bonds. The Morgan fingerprint density at radius 3 is 2.18 bits per heavy atom. The molecule has 2 fully saturated rings. The number of likely N-dealkylation sites (tertiary alicyclic amines) is 2. The predicted octanol–water partition coefficient (Wildman–Crippen LogP) is 3.65. The van der Waals surface area contributed by atoms with E-state index in [1.807, 2.05) is 52.3 Å². The minimum atomic E-state index is 0.0804. The lowest BCUT2D eigenvalue weighted by atomic mass is 10.0. The summed E-state index contributed by atoms with van der Waals surface area (Å²) in [4.78, 5) is 28.3. The smallest absolute Gasteiger partial charge is 0.253 e. The minimum absolute atomic E-state index is 0.0804. The number of carbonyl (C=O) groups excluding carboxylic acids is 2. The Balaban J connectivity index is 1.30. The van der Waals surface area contributed by atoms with Crippen LogP contribution in [0.15, 0.2) is 59.2 Å². The van der Waals surface area contributed by atoms with Gasteiger partial charge in [0.2, 0.25) is 5.91 Å². The summed E-state index contributed by atoms with van der Waals surface area (Å²) in [6.45, 7) is 4.65. The molecule has 1 aromatic heterocycles. The van der Waals surface area contributed by atoms with E-state index in [4.69, 9.17) is 4.42 Å². The van der Waals surface area contributed by atoms with Crippen molar-refractivity contribution in [1.82, 2.24) is 9.80 Å². The van der Waals surface area contributed by atoms with Crippen LogP contribution in [0.2, 0.25) is 0 Å². The Kier molecular flexibility index (Phi) is 3.97. The first kappa shape index (κ1) is 17.0. The standard InChI is InChI=1S/C23H22N2O3/c1-15(26)24-11-20-13-25(14-21(20)12-24)23(27)18-5-2-16(3-6-18)19-7-4-17-8-9-28-22(17)10-19/h2-10,20-21H,11-14H2,1H3. The van der Waals surface area contributed by atoms with Gasteiger partial charge in [-0.25, -0.2) is 0 Å². The molecular weight excluding hydrogens is 352 g/mol. The predicted molar refractivity (Wildman–Crippen MR) is 107 cm³/mol. The number of hydrogen-bond acceptors (Lipinski definition) is 3. The molecule has 0 spiro atoms. The van der Waals surface area contributed by atoms with Crippen molar-refractivity contribution in [3.8, 4) is 11.1 Å². The van der Waals surface area contributed by atoms with Gasteiger partial charge in [-0.15, -0.1) is 0 Å². The Hall–Kier alpha value is -3.08. The van der Waals surface area contributed by atoms with E-state index < -0.39 is 0 Å². The van der Waals surface area contributed by atoms with Crippen LogP contribution in [0.3, 0.4) is 0 Å². The molecule has 0 N–H and O–H groups in total. The lowest BCUT2D eigenvalue weighted by Gasteiger charge is -2.21. The summed E-state index contributed by atoms with van der Waals surface area (Å²) in [7, 11) is 0. The second kappa shape index (κ2) is 6.51. The van der Waals surface area contributed by atoms with Crippen molar-refractivity contribution in [2.45, 2.75) is 6.92 Å². The number of furan rings is 1. The van der Waals surface area contributed by atoms with Crippen LogP contribution in [0.25, 0.3) is 22.1 Å². The third kappa shape index (κ3) is 2.87. The molecule has 2 saturated heterocycles. The van der Waals surface area contributed by atoms with E-state index in [1.165, 1.54) is 0 Å². The average Bonchev–Trinajstić information content (AvgIpc) is 3.41. The van der Waals surface area contributed by atoms with Gasteiger partial charge in [0.1, 0.15) is 5.58 Å². The van der Waals surface area contributed by atoms with Crippen LogP contribution >= 0.6 is 0 Å². The fourth-order valence-corrected chi connectivity index (χ4v) is 4.54. The van der Waals surface area contributed by atoms with E-state index in [1.54, 1.807) is 13.2 Å². The van der Waals surface area contributed by atoms with E-state index in [-0.39, 0.29) is 11.8 Å². The zero-order valence-corrected chi connectivity index (χ0v) is 15.8. The number of benzene rings is 2. The summed E-state index contributed by atoms with van der Waals surface area (Å²) in [5.74, 6) is 1.03. The molecular formula is C23H22N2O3. The lowest BCUT2D eigenvalue weighted by Crippen LogP contribution is -2.34. The van der Waals surface area contributed by atoms with Gasteiger partial charge in [-0.05, 0) is 35.4 Å². The summed E-state index contributed by atoms with van der Waals surface area (Å²) in [5.41, 5.74) is 3.71. The van der Waals surface area contributed by atoms with Crippen molar-refractivity contribution < 1.29 is 14.0 Å². The number of rotatable bonds is 2. The van der Waals surface area contributed by atoms with Crippen LogP contribution in [0, 0.1) is 11.8 Å². The Morgan fingerprint density at radius 1 is 0.857 bits per heavy atom. The number of amides is 2. The Bertz CT molecular complexity index is 1040. The molecule has 5 heteroatoms. The van der Waals surface area contributed by atoms with E-state index in [2.05, 4.69) is 6.07 Å².